The molecule has 1 N–H and O–H groups in total. The van der Waals surface area contributed by atoms with Gasteiger partial charge in [-0.15, -0.1) is 0 Å². The van der Waals surface area contributed by atoms with Gasteiger partial charge in [-0.05, 0) is 39.0 Å². The molecule has 0 unspecified atom stereocenters. The normalized spacial score (nSPS) is 17.7. The maximum atomic E-state index is 13.0. The van der Waals surface area contributed by atoms with Crippen molar-refractivity contribution in [1.82, 2.24) is 24.6 Å². The lowest BCUT2D eigenvalue weighted by Gasteiger charge is -2.32. The highest BCUT2D eigenvalue weighted by atomic mass is 16.2. The highest BCUT2D eigenvalue weighted by Gasteiger charge is 2.28. The first kappa shape index (κ1) is 18.7. The average molecular weight is 384 g/mol. The van der Waals surface area contributed by atoms with Crippen LogP contribution in [0.15, 0.2) is 11.0 Å². The van der Waals surface area contributed by atoms with Crippen molar-refractivity contribution >= 4 is 11.9 Å². The third-order valence-corrected chi connectivity index (χ3v) is 6.06. The van der Waals surface area contributed by atoms with Crippen molar-refractivity contribution in [2.75, 3.05) is 24.5 Å². The molecule has 0 aliphatic carbocycles. The molecule has 28 heavy (non-hydrogen) atoms. The van der Waals surface area contributed by atoms with Gasteiger partial charge >= 0.3 is 0 Å². The number of hydrogen-bond donors (Lipinski definition) is 1. The van der Waals surface area contributed by atoms with Gasteiger partial charge in [0.05, 0.1) is 24.0 Å². The highest BCUT2D eigenvalue weighted by molar-refractivity contribution is 5.95. The van der Waals surface area contributed by atoms with Crippen molar-refractivity contribution < 1.29 is 4.79 Å². The Balaban J connectivity index is 1.58. The number of nitrogens with zero attached hydrogens (tertiary/aromatic N) is 5. The molecule has 0 saturated carbocycles. The Bertz CT molecular complexity index is 939. The van der Waals surface area contributed by atoms with Crippen molar-refractivity contribution in [3.8, 4) is 0 Å². The topological polar surface area (TPSA) is 87.1 Å². The van der Waals surface area contributed by atoms with Crippen molar-refractivity contribution in [3.63, 3.8) is 0 Å². The van der Waals surface area contributed by atoms with E-state index in [0.717, 1.165) is 43.9 Å². The molecule has 1 amide bonds. The van der Waals surface area contributed by atoms with E-state index in [1.807, 2.05) is 18.5 Å². The first-order chi connectivity index (χ1) is 13.5. The Morgan fingerprint density at radius 2 is 2.04 bits per heavy atom. The Morgan fingerprint density at radius 3 is 2.71 bits per heavy atom. The van der Waals surface area contributed by atoms with Gasteiger partial charge in [0.15, 0.2) is 0 Å². The van der Waals surface area contributed by atoms with E-state index in [1.165, 1.54) is 0 Å². The van der Waals surface area contributed by atoms with Gasteiger partial charge in [0.2, 0.25) is 5.95 Å². The first-order valence-corrected chi connectivity index (χ1v) is 10.2. The standard InChI is InChI=1S/C20H28N6O2/c1-4-26-14(3)16(11-21-26)19(28)25-10-7-15-17(12-25)22-20(23-18(15)27)24-8-5-13(2)6-9-24/h11,13H,4-10,12H2,1-3H3,(H,22,23,27). The van der Waals surface area contributed by atoms with Crippen molar-refractivity contribution in [2.45, 2.75) is 53.1 Å². The maximum Gasteiger partial charge on any atom is 0.257 e. The van der Waals surface area contributed by atoms with Crippen LogP contribution in [-0.4, -0.2) is 50.2 Å². The molecule has 4 rings (SSSR count). The van der Waals surface area contributed by atoms with E-state index < -0.39 is 0 Å². The third kappa shape index (κ3) is 3.31. The summed E-state index contributed by atoms with van der Waals surface area (Å²) in [7, 11) is 0. The number of carbonyl (C=O) groups is 1. The number of aryl methyl sites for hydroxylation is 1. The van der Waals surface area contributed by atoms with Crippen LogP contribution in [0.3, 0.4) is 0 Å². The summed E-state index contributed by atoms with van der Waals surface area (Å²) in [5, 5.41) is 4.28. The largest absolute Gasteiger partial charge is 0.342 e. The van der Waals surface area contributed by atoms with E-state index in [1.54, 1.807) is 11.1 Å². The van der Waals surface area contributed by atoms with Gasteiger partial charge in [-0.1, -0.05) is 6.92 Å². The van der Waals surface area contributed by atoms with Crippen LogP contribution in [0.25, 0.3) is 0 Å². The fourth-order valence-electron chi connectivity index (χ4n) is 4.12. The Hall–Kier alpha value is -2.64. The van der Waals surface area contributed by atoms with Gasteiger partial charge in [-0.2, -0.15) is 5.10 Å². The van der Waals surface area contributed by atoms with Crippen LogP contribution in [-0.2, 0) is 19.5 Å². The zero-order valence-electron chi connectivity index (χ0n) is 16.9. The first-order valence-electron chi connectivity index (χ1n) is 10.2. The SMILES string of the molecule is CCn1ncc(C(=O)N2CCc3c(nc(N4CCC(C)CC4)[nH]c3=O)C2)c1C. The minimum absolute atomic E-state index is 0.0433. The van der Waals surface area contributed by atoms with Crippen LogP contribution in [0.2, 0.25) is 0 Å². The minimum Gasteiger partial charge on any atom is -0.342 e. The van der Waals surface area contributed by atoms with Crippen LogP contribution in [0.1, 0.15) is 54.0 Å². The molecule has 1 saturated heterocycles. The second-order valence-corrected chi connectivity index (χ2v) is 7.92. The monoisotopic (exact) mass is 384 g/mol. The van der Waals surface area contributed by atoms with Crippen LogP contribution in [0.5, 0.6) is 0 Å². The molecule has 0 spiro atoms. The quantitative estimate of drug-likeness (QED) is 0.871. The Morgan fingerprint density at radius 1 is 1.29 bits per heavy atom. The fraction of sp³-hybridized carbons (Fsp3) is 0.600. The molecular formula is C20H28N6O2. The molecule has 2 aliphatic rings. The van der Waals surface area contributed by atoms with Crippen LogP contribution in [0.4, 0.5) is 5.95 Å². The van der Waals surface area contributed by atoms with Crippen LogP contribution in [0, 0.1) is 12.8 Å². The zero-order chi connectivity index (χ0) is 19.8. The number of aromatic nitrogens is 4. The number of rotatable bonds is 3. The number of carbonyl (C=O) groups excluding carboxylic acids is 1. The predicted molar refractivity (Wildman–Crippen MR) is 107 cm³/mol. The highest BCUT2D eigenvalue weighted by Crippen LogP contribution is 2.23. The number of aromatic amines is 1. The van der Waals surface area contributed by atoms with Crippen molar-refractivity contribution in [1.29, 1.82) is 0 Å². The summed E-state index contributed by atoms with van der Waals surface area (Å²) < 4.78 is 1.82. The second kappa shape index (κ2) is 7.41. The summed E-state index contributed by atoms with van der Waals surface area (Å²) >= 11 is 0. The van der Waals surface area contributed by atoms with E-state index in [0.29, 0.717) is 42.5 Å². The predicted octanol–water partition coefficient (Wildman–Crippen LogP) is 1.73. The molecule has 2 aliphatic heterocycles. The van der Waals surface area contributed by atoms with Gasteiger partial charge in [0.1, 0.15) is 0 Å². The van der Waals surface area contributed by atoms with E-state index in [-0.39, 0.29) is 11.5 Å². The number of nitrogens with one attached hydrogen (secondary N) is 1. The molecule has 0 atom stereocenters. The number of hydrogen-bond acceptors (Lipinski definition) is 5. The summed E-state index contributed by atoms with van der Waals surface area (Å²) in [6, 6.07) is 0. The molecule has 150 valence electrons. The van der Waals surface area contributed by atoms with Crippen LogP contribution < -0.4 is 10.5 Å². The van der Waals surface area contributed by atoms with Crippen molar-refractivity contribution in [2.24, 2.45) is 5.92 Å². The van der Waals surface area contributed by atoms with Crippen molar-refractivity contribution in [3.05, 3.63) is 39.1 Å². The Kier molecular flexibility index (Phi) is 4.95. The minimum atomic E-state index is -0.0688. The average Bonchev–Trinajstić information content (AvgIpc) is 3.08. The Labute approximate surface area is 164 Å². The molecule has 0 bridgehead atoms. The van der Waals surface area contributed by atoms with E-state index in [9.17, 15) is 9.59 Å². The number of anilines is 1. The van der Waals surface area contributed by atoms with Crippen LogP contribution >= 0.6 is 0 Å². The fourth-order valence-corrected chi connectivity index (χ4v) is 4.12. The lowest BCUT2D eigenvalue weighted by molar-refractivity contribution is 0.0730. The molecule has 8 heteroatoms. The smallest absolute Gasteiger partial charge is 0.257 e. The number of amides is 1. The molecule has 4 heterocycles. The molecular weight excluding hydrogens is 356 g/mol. The lowest BCUT2D eigenvalue weighted by atomic mass is 9.99. The summed E-state index contributed by atoms with van der Waals surface area (Å²) in [5.41, 5.74) is 2.86. The van der Waals surface area contributed by atoms with E-state index in [4.69, 9.17) is 4.98 Å². The molecule has 2 aromatic rings. The van der Waals surface area contributed by atoms with Gasteiger partial charge in [-0.25, -0.2) is 4.98 Å². The maximum absolute atomic E-state index is 13.0. The molecule has 0 aromatic carbocycles. The van der Waals surface area contributed by atoms with Gasteiger partial charge in [-0.3, -0.25) is 19.3 Å². The van der Waals surface area contributed by atoms with Gasteiger partial charge < -0.3 is 9.80 Å². The molecule has 2 aromatic heterocycles. The van der Waals surface area contributed by atoms with Gasteiger partial charge in [0, 0.05) is 37.4 Å². The van der Waals surface area contributed by atoms with Gasteiger partial charge in [0.25, 0.3) is 11.5 Å². The lowest BCUT2D eigenvalue weighted by Crippen LogP contribution is -2.41. The zero-order valence-corrected chi connectivity index (χ0v) is 16.9. The third-order valence-electron chi connectivity index (χ3n) is 6.06. The summed E-state index contributed by atoms with van der Waals surface area (Å²) in [5.74, 6) is 1.30. The summed E-state index contributed by atoms with van der Waals surface area (Å²) in [4.78, 5) is 37.2. The summed E-state index contributed by atoms with van der Waals surface area (Å²) in [6.07, 6.45) is 4.38. The molecule has 0 radical (unpaired) electrons. The number of H-pyrrole nitrogens is 1. The van der Waals surface area contributed by atoms with E-state index in [2.05, 4.69) is 21.9 Å². The molecule has 8 nitrogen and oxygen atoms in total. The van der Waals surface area contributed by atoms with E-state index >= 15 is 0 Å². The number of fused-ring (bicyclic) bond motifs is 1. The number of piperidine rings is 1. The second-order valence-electron chi connectivity index (χ2n) is 7.92. The molecule has 1 fully saturated rings. The summed E-state index contributed by atoms with van der Waals surface area (Å²) in [6.45, 7) is 9.61.